The first kappa shape index (κ1) is 37.0. The summed E-state index contributed by atoms with van der Waals surface area (Å²) in [5.74, 6) is 2.57. The van der Waals surface area contributed by atoms with Gasteiger partial charge < -0.3 is 0 Å². The molecule has 0 aliphatic rings. The second-order valence-corrected chi connectivity index (χ2v) is 14.9. The van der Waals surface area contributed by atoms with Gasteiger partial charge in [-0.1, -0.05) is 0 Å². The van der Waals surface area contributed by atoms with Gasteiger partial charge >= 0.3 is 200 Å². The molecule has 0 N–H and O–H groups in total. The Labute approximate surface area is 280 Å². The van der Waals surface area contributed by atoms with E-state index in [4.69, 9.17) is 0 Å². The van der Waals surface area contributed by atoms with E-state index in [2.05, 4.69) is 87.8 Å². The molecule has 32 heavy (non-hydrogen) atoms. The van der Waals surface area contributed by atoms with Crippen LogP contribution in [0, 0.1) is 29.9 Å². The third kappa shape index (κ3) is 9.98. The van der Waals surface area contributed by atoms with Crippen molar-refractivity contribution in [3.63, 3.8) is 0 Å². The summed E-state index contributed by atoms with van der Waals surface area (Å²) < 4.78 is 0.262. The second-order valence-electron chi connectivity index (χ2n) is 10.2. The van der Waals surface area contributed by atoms with Crippen LogP contribution in [-0.2, 0) is 78.3 Å². The van der Waals surface area contributed by atoms with Crippen molar-refractivity contribution in [3.05, 3.63) is 45.4 Å². The first-order chi connectivity index (χ1) is 13.3. The Hall–Kier alpha value is 2.88. The predicted octanol–water partition coefficient (Wildman–Crippen LogP) is 8.23. The SMILES string of the molecule is C[CH-]C(C)(C)Cc1[c-]c(C(C)C)sc1-c1[c-]c(C[C](C)([Ga])[C-](C)C)c(C(C)C)s1.[Ga].[Y].[Y]. The van der Waals surface area contributed by atoms with Gasteiger partial charge in [0, 0.05) is 85.2 Å². The van der Waals surface area contributed by atoms with E-state index in [0.717, 1.165) is 12.8 Å². The Balaban J connectivity index is 0. The van der Waals surface area contributed by atoms with Crippen molar-refractivity contribution in [1.29, 1.82) is 0 Å². The van der Waals surface area contributed by atoms with E-state index in [9.17, 15) is 0 Å². The molecule has 0 aliphatic carbocycles. The molecule has 2 aromatic heterocycles. The maximum absolute atomic E-state index is 3.88. The van der Waals surface area contributed by atoms with Gasteiger partial charge in [0.2, 0.25) is 0 Å². The fourth-order valence-electron chi connectivity index (χ4n) is 3.17. The van der Waals surface area contributed by atoms with Gasteiger partial charge in [-0.15, -0.1) is 0 Å². The van der Waals surface area contributed by atoms with Crippen LogP contribution >= 0.6 is 22.7 Å². The molecule has 169 valence electrons. The Kier molecular flexibility index (Phi) is 17.7. The summed E-state index contributed by atoms with van der Waals surface area (Å²) in [5.41, 5.74) is 2.99. The first-order valence-electron chi connectivity index (χ1n) is 10.8. The minimum Gasteiger partial charge on any atom is 0 e. The van der Waals surface area contributed by atoms with Crippen LogP contribution in [-0.4, -0.2) is 38.4 Å². The Morgan fingerprint density at radius 1 is 0.938 bits per heavy atom. The summed E-state index contributed by atoms with van der Waals surface area (Å²) in [6.07, 6.45) is 4.45. The molecule has 0 bridgehead atoms. The summed E-state index contributed by atoms with van der Waals surface area (Å²) in [6, 6.07) is 7.66. The van der Waals surface area contributed by atoms with Gasteiger partial charge in [-0.25, -0.2) is 0 Å². The Morgan fingerprint density at radius 2 is 1.50 bits per heavy atom. The normalized spacial score (nSPS) is 13.5. The summed E-state index contributed by atoms with van der Waals surface area (Å²) >= 11 is 5.73. The van der Waals surface area contributed by atoms with E-state index in [0.29, 0.717) is 11.8 Å². The van der Waals surface area contributed by atoms with Crippen LogP contribution in [0.25, 0.3) is 9.75 Å². The number of rotatable bonds is 9. The molecular weight excluding hydrogens is 694 g/mol. The molecule has 0 saturated carbocycles. The Bertz CT molecular complexity index is 818. The van der Waals surface area contributed by atoms with Crippen LogP contribution in [0.1, 0.15) is 102 Å². The van der Waals surface area contributed by atoms with Crippen LogP contribution in [0.4, 0.5) is 0 Å². The zero-order valence-corrected chi connectivity index (χ0v) is 33.9. The van der Waals surface area contributed by atoms with Crippen molar-refractivity contribution in [3.8, 4) is 9.75 Å². The van der Waals surface area contributed by atoms with Crippen molar-refractivity contribution in [2.24, 2.45) is 5.41 Å². The minimum atomic E-state index is 0. The average molecular weight is 731 g/mol. The Morgan fingerprint density at radius 3 is 1.94 bits per heavy atom. The van der Waals surface area contributed by atoms with Gasteiger partial charge in [-0.2, -0.15) is 0 Å². The molecule has 2 aromatic rings. The largest absolute Gasteiger partial charge is 0 e. The van der Waals surface area contributed by atoms with Crippen LogP contribution in [0.2, 0.25) is 3.97 Å². The molecule has 0 nitrogen and oxygen atoms in total. The standard InChI is InChI=1S/C26H37S2.2Ga.2Y/c1-11-26(9,10)15-21-14-22(17(4)5)27-25(21)23-13-20(12-19(8)16(2)3)24(28-23)18(6)7;;;;/h11,17-18H,12,15H2,1-10H3;;;;/q-4;;;;. The van der Waals surface area contributed by atoms with Gasteiger partial charge in [0.15, 0.2) is 0 Å². The zero-order valence-electron chi connectivity index (χ0n) is 21.8. The molecule has 0 amide bonds. The van der Waals surface area contributed by atoms with E-state index in [1.54, 1.807) is 0 Å². The van der Waals surface area contributed by atoms with E-state index < -0.39 is 0 Å². The summed E-state index contributed by atoms with van der Waals surface area (Å²) in [6.45, 7) is 23.0. The second kappa shape index (κ2) is 15.3. The van der Waals surface area contributed by atoms with E-state index in [1.807, 2.05) is 41.3 Å². The van der Waals surface area contributed by atoms with Crippen LogP contribution < -0.4 is 0 Å². The van der Waals surface area contributed by atoms with E-state index in [1.165, 1.54) is 36.6 Å². The number of thiophene rings is 2. The average Bonchev–Trinajstić information content (AvgIpc) is 3.18. The van der Waals surface area contributed by atoms with Crippen molar-refractivity contribution < 1.29 is 65.4 Å². The zero-order chi connectivity index (χ0) is 22.1. The van der Waals surface area contributed by atoms with Gasteiger partial charge in [0.25, 0.3) is 0 Å². The molecule has 0 aromatic carbocycles. The quantitative estimate of drug-likeness (QED) is 0.180. The third-order valence-corrected chi connectivity index (χ3v) is 10.6. The van der Waals surface area contributed by atoms with E-state index in [-0.39, 0.29) is 94.6 Å². The van der Waals surface area contributed by atoms with Gasteiger partial charge in [0.1, 0.15) is 0 Å². The molecule has 0 saturated heterocycles. The molecule has 0 spiro atoms. The van der Waals surface area contributed by atoms with E-state index >= 15 is 0 Å². The molecule has 6 heteroatoms. The summed E-state index contributed by atoms with van der Waals surface area (Å²) in [7, 11) is 0. The van der Waals surface area contributed by atoms with Crippen LogP contribution in [0.5, 0.6) is 0 Å². The van der Waals surface area contributed by atoms with Crippen LogP contribution in [0.3, 0.4) is 0 Å². The van der Waals surface area contributed by atoms with Crippen molar-refractivity contribution >= 4 is 61.1 Å². The van der Waals surface area contributed by atoms with Gasteiger partial charge in [0.05, 0.1) is 0 Å². The first-order valence-corrected chi connectivity index (χ1v) is 13.6. The molecule has 1 unspecified atom stereocenters. The fourth-order valence-corrected chi connectivity index (χ4v) is 5.96. The van der Waals surface area contributed by atoms with Crippen molar-refractivity contribution in [2.45, 2.75) is 97.9 Å². The molecular formula is C26H37Ga2S2Y2-4. The minimum absolute atomic E-state index is 0. The molecule has 2 heterocycles. The maximum atomic E-state index is 3.88. The van der Waals surface area contributed by atoms with Crippen molar-refractivity contribution in [1.82, 2.24) is 0 Å². The topological polar surface area (TPSA) is 0 Å². The van der Waals surface area contributed by atoms with Gasteiger partial charge in [-0.05, 0) is 0 Å². The molecule has 2 rings (SSSR count). The smallest absolute Gasteiger partial charge is 0 e. The molecule has 1 atom stereocenters. The summed E-state index contributed by atoms with van der Waals surface area (Å²) in [4.78, 5) is 5.62. The fraction of sp³-hybridized carbons (Fsp3) is 0.615. The third-order valence-electron chi connectivity index (χ3n) is 5.89. The molecule has 7 radical (unpaired) electrons. The number of hydrogen-bond acceptors (Lipinski definition) is 2. The summed E-state index contributed by atoms with van der Waals surface area (Å²) in [5, 5.41) is 0. The number of hydrogen-bond donors (Lipinski definition) is 0. The maximum Gasteiger partial charge on any atom is 0 e. The molecule has 0 fully saturated rings. The monoisotopic (exact) mass is 729 g/mol. The van der Waals surface area contributed by atoms with Crippen molar-refractivity contribution in [2.75, 3.05) is 0 Å². The van der Waals surface area contributed by atoms with Gasteiger partial charge in [-0.3, -0.25) is 0 Å². The predicted molar refractivity (Wildman–Crippen MR) is 139 cm³/mol. The van der Waals surface area contributed by atoms with Crippen LogP contribution in [0.15, 0.2) is 0 Å². The molecule has 0 aliphatic heterocycles.